The normalized spacial score (nSPS) is 15.0. The minimum absolute atomic E-state index is 0.0692. The van der Waals surface area contributed by atoms with Gasteiger partial charge in [0.25, 0.3) is 5.91 Å². The molecule has 0 bridgehead atoms. The summed E-state index contributed by atoms with van der Waals surface area (Å²) in [6.07, 6.45) is 2.87. The highest BCUT2D eigenvalue weighted by Gasteiger charge is 2.19. The molecule has 1 aliphatic rings. The van der Waals surface area contributed by atoms with Crippen LogP contribution < -0.4 is 20.3 Å². The average Bonchev–Trinajstić information content (AvgIpc) is 2.91. The fraction of sp³-hybridized carbons (Fsp3) is 0.414. The van der Waals surface area contributed by atoms with Crippen molar-refractivity contribution in [1.82, 2.24) is 20.4 Å². The molecular formula is C29H40N6O3. The fourth-order valence-corrected chi connectivity index (χ4v) is 4.25. The summed E-state index contributed by atoms with van der Waals surface area (Å²) >= 11 is 0. The number of carbonyl (C=O) groups excluding carboxylic acids is 2. The molecule has 9 heteroatoms. The Morgan fingerprint density at radius 2 is 1.84 bits per heavy atom. The second-order valence-electron chi connectivity index (χ2n) is 9.89. The van der Waals surface area contributed by atoms with Gasteiger partial charge in [0.2, 0.25) is 5.91 Å². The van der Waals surface area contributed by atoms with Crippen molar-refractivity contribution in [2.75, 3.05) is 65.9 Å². The van der Waals surface area contributed by atoms with Crippen LogP contribution in [-0.4, -0.2) is 88.8 Å². The Morgan fingerprint density at radius 1 is 1.13 bits per heavy atom. The summed E-state index contributed by atoms with van der Waals surface area (Å²) in [5, 5.41) is 14.0. The van der Waals surface area contributed by atoms with Crippen LogP contribution in [0.4, 0.5) is 5.69 Å². The van der Waals surface area contributed by atoms with Gasteiger partial charge in [-0.2, -0.15) is 0 Å². The molecule has 1 atom stereocenters. The number of rotatable bonds is 10. The molecule has 1 heterocycles. The summed E-state index contributed by atoms with van der Waals surface area (Å²) in [7, 11) is 7.10. The number of anilines is 1. The molecule has 3 N–H and O–H groups in total. The molecule has 2 aromatic carbocycles. The zero-order valence-electron chi connectivity index (χ0n) is 23.3. The van der Waals surface area contributed by atoms with Gasteiger partial charge in [0.05, 0.1) is 19.7 Å². The number of hydrogen-bond donors (Lipinski definition) is 3. The van der Waals surface area contributed by atoms with Gasteiger partial charge in [0, 0.05) is 69.5 Å². The molecule has 2 amide bonds. The second kappa shape index (κ2) is 13.1. The van der Waals surface area contributed by atoms with Crippen molar-refractivity contribution in [1.29, 1.82) is 5.41 Å². The first-order valence-corrected chi connectivity index (χ1v) is 12.8. The molecule has 0 spiro atoms. The molecule has 0 aromatic heterocycles. The van der Waals surface area contributed by atoms with Crippen molar-refractivity contribution in [2.24, 2.45) is 0 Å². The predicted octanol–water partition coefficient (Wildman–Crippen LogP) is 2.91. The number of allylic oxidation sites excluding steroid dienone is 1. The Kier molecular flexibility index (Phi) is 9.90. The number of amides is 2. The first-order chi connectivity index (χ1) is 18.1. The zero-order chi connectivity index (χ0) is 27.8. The van der Waals surface area contributed by atoms with Gasteiger partial charge in [-0.15, -0.1) is 0 Å². The standard InChI is InChI=1S/C29H40N6O3/c1-20-7-8-25(35-11-9-34(5)10-12-35)16-27(20)29(37)32-21(2)22-13-23(15-26(14-22)38-6)24(17-30)18-31-19-28(36)33(3)4/h7-8,13-18,21,30-31H,9-12,19H2,1-6H3,(H,32,37)/b24-18+,30-17?/t21-/m1/s1. The predicted molar refractivity (Wildman–Crippen MR) is 153 cm³/mol. The first kappa shape index (κ1) is 28.7. The number of nitrogens with one attached hydrogen (secondary N) is 3. The molecule has 0 aliphatic carbocycles. The number of piperazine rings is 1. The topological polar surface area (TPSA) is 101 Å². The number of hydrogen-bond acceptors (Lipinski definition) is 7. The smallest absolute Gasteiger partial charge is 0.252 e. The van der Waals surface area contributed by atoms with E-state index in [4.69, 9.17) is 10.1 Å². The molecule has 1 fully saturated rings. The van der Waals surface area contributed by atoms with E-state index < -0.39 is 0 Å². The van der Waals surface area contributed by atoms with E-state index in [1.54, 1.807) is 27.4 Å². The molecule has 0 radical (unpaired) electrons. The minimum Gasteiger partial charge on any atom is -0.497 e. The molecule has 204 valence electrons. The lowest BCUT2D eigenvalue weighted by molar-refractivity contribution is -0.127. The van der Waals surface area contributed by atoms with E-state index in [-0.39, 0.29) is 24.4 Å². The van der Waals surface area contributed by atoms with E-state index >= 15 is 0 Å². The average molecular weight is 521 g/mol. The summed E-state index contributed by atoms with van der Waals surface area (Å²) in [5.41, 5.74) is 4.82. The van der Waals surface area contributed by atoms with Crippen LogP contribution in [0.5, 0.6) is 5.75 Å². The SMILES string of the molecule is COc1cc(/C(C=N)=C/NCC(=O)N(C)C)cc([C@@H](C)NC(=O)c2cc(N3CCN(C)CC3)ccc2C)c1. The van der Waals surface area contributed by atoms with Gasteiger partial charge in [-0.25, -0.2) is 0 Å². The van der Waals surface area contributed by atoms with E-state index in [0.29, 0.717) is 16.9 Å². The summed E-state index contributed by atoms with van der Waals surface area (Å²) in [4.78, 5) is 31.4. The van der Waals surface area contributed by atoms with Crippen molar-refractivity contribution < 1.29 is 14.3 Å². The number of likely N-dealkylation sites (N-methyl/N-ethyl adjacent to an activating group) is 2. The molecule has 38 heavy (non-hydrogen) atoms. The van der Waals surface area contributed by atoms with Crippen LogP contribution in [0.3, 0.4) is 0 Å². The Bertz CT molecular complexity index is 1180. The van der Waals surface area contributed by atoms with E-state index in [9.17, 15) is 9.59 Å². The lowest BCUT2D eigenvalue weighted by Crippen LogP contribution is -2.44. The molecule has 0 unspecified atom stereocenters. The molecule has 9 nitrogen and oxygen atoms in total. The van der Waals surface area contributed by atoms with Gasteiger partial charge in [-0.05, 0) is 67.9 Å². The summed E-state index contributed by atoms with van der Waals surface area (Å²) < 4.78 is 5.51. The third-order valence-corrected chi connectivity index (χ3v) is 6.84. The maximum absolute atomic E-state index is 13.4. The van der Waals surface area contributed by atoms with E-state index in [1.165, 1.54) is 11.1 Å². The largest absolute Gasteiger partial charge is 0.497 e. The van der Waals surface area contributed by atoms with Crippen LogP contribution in [0, 0.1) is 12.3 Å². The van der Waals surface area contributed by atoms with Gasteiger partial charge < -0.3 is 35.5 Å². The third kappa shape index (κ3) is 7.35. The lowest BCUT2D eigenvalue weighted by atomic mass is 9.99. The Balaban J connectivity index is 1.79. The lowest BCUT2D eigenvalue weighted by Gasteiger charge is -2.34. The summed E-state index contributed by atoms with van der Waals surface area (Å²) in [5.74, 6) is 0.409. The Morgan fingerprint density at radius 3 is 2.47 bits per heavy atom. The highest BCUT2D eigenvalue weighted by atomic mass is 16.5. The van der Waals surface area contributed by atoms with Gasteiger partial charge >= 0.3 is 0 Å². The van der Waals surface area contributed by atoms with Crippen molar-refractivity contribution in [2.45, 2.75) is 19.9 Å². The van der Waals surface area contributed by atoms with Crippen molar-refractivity contribution >= 4 is 29.3 Å². The van der Waals surface area contributed by atoms with Crippen LogP contribution in [0.1, 0.15) is 40.0 Å². The van der Waals surface area contributed by atoms with Gasteiger partial charge in [-0.3, -0.25) is 9.59 Å². The van der Waals surface area contributed by atoms with Gasteiger partial charge in [0.15, 0.2) is 0 Å². The van der Waals surface area contributed by atoms with Crippen molar-refractivity contribution in [3.05, 3.63) is 64.9 Å². The van der Waals surface area contributed by atoms with E-state index in [1.807, 2.05) is 44.2 Å². The van der Waals surface area contributed by atoms with Crippen LogP contribution >= 0.6 is 0 Å². The number of methoxy groups -OCH3 is 1. The highest BCUT2D eigenvalue weighted by Crippen LogP contribution is 2.27. The van der Waals surface area contributed by atoms with E-state index in [2.05, 4.69) is 33.5 Å². The third-order valence-electron chi connectivity index (χ3n) is 6.84. The van der Waals surface area contributed by atoms with Crippen LogP contribution in [0.25, 0.3) is 5.57 Å². The minimum atomic E-state index is -0.307. The highest BCUT2D eigenvalue weighted by molar-refractivity contribution is 6.08. The molecule has 0 saturated carbocycles. The van der Waals surface area contributed by atoms with Crippen molar-refractivity contribution in [3.63, 3.8) is 0 Å². The van der Waals surface area contributed by atoms with Crippen LogP contribution in [0.15, 0.2) is 42.6 Å². The molecule has 1 saturated heterocycles. The maximum Gasteiger partial charge on any atom is 0.252 e. The monoisotopic (exact) mass is 520 g/mol. The maximum atomic E-state index is 13.4. The Hall–Kier alpha value is -3.85. The molecule has 2 aromatic rings. The van der Waals surface area contributed by atoms with Crippen LogP contribution in [0.2, 0.25) is 0 Å². The number of benzene rings is 2. The van der Waals surface area contributed by atoms with Gasteiger partial charge in [-0.1, -0.05) is 6.07 Å². The summed E-state index contributed by atoms with van der Waals surface area (Å²) in [6.45, 7) is 7.87. The molecule has 1 aliphatic heterocycles. The van der Waals surface area contributed by atoms with E-state index in [0.717, 1.165) is 48.6 Å². The quantitative estimate of drug-likeness (QED) is 0.417. The van der Waals surface area contributed by atoms with Crippen molar-refractivity contribution in [3.8, 4) is 5.75 Å². The zero-order valence-corrected chi connectivity index (χ0v) is 23.3. The second-order valence-corrected chi connectivity index (χ2v) is 9.89. The molecule has 3 rings (SSSR count). The number of nitrogens with zero attached hydrogens (tertiary/aromatic N) is 3. The molecular weight excluding hydrogens is 480 g/mol. The Labute approximate surface area is 225 Å². The number of ether oxygens (including phenoxy) is 1. The number of aryl methyl sites for hydroxylation is 1. The van der Waals surface area contributed by atoms with Crippen LogP contribution in [-0.2, 0) is 4.79 Å². The fourth-order valence-electron chi connectivity index (χ4n) is 4.25. The number of carbonyl (C=O) groups is 2. The first-order valence-electron chi connectivity index (χ1n) is 12.8. The van der Waals surface area contributed by atoms with Gasteiger partial charge in [0.1, 0.15) is 5.75 Å². The summed E-state index contributed by atoms with van der Waals surface area (Å²) in [6, 6.07) is 11.4.